The first kappa shape index (κ1) is 13.6. The molecule has 1 rings (SSSR count). The summed E-state index contributed by atoms with van der Waals surface area (Å²) in [6, 6.07) is 4.89. The van der Waals surface area contributed by atoms with Crippen LogP contribution in [0.5, 0.6) is 0 Å². The van der Waals surface area contributed by atoms with E-state index in [-0.39, 0.29) is 6.54 Å². The molecular weight excluding hydrogens is 262 g/mol. The maximum absolute atomic E-state index is 11.8. The average Bonchev–Trinajstić information content (AvgIpc) is 2.13. The molecule has 1 aromatic carbocycles. The van der Waals surface area contributed by atoms with Gasteiger partial charge in [-0.3, -0.25) is 0 Å². The Hall–Kier alpha value is -0.450. The minimum atomic E-state index is -4.13. The van der Waals surface area contributed by atoms with Crippen LogP contribution in [0.3, 0.4) is 0 Å². The van der Waals surface area contributed by atoms with Crippen molar-refractivity contribution in [1.82, 2.24) is 5.32 Å². The molecule has 1 aromatic rings. The Kier molecular flexibility index (Phi) is 4.89. The van der Waals surface area contributed by atoms with Gasteiger partial charge in [0, 0.05) is 23.1 Å². The maximum Gasteiger partial charge on any atom is 0.390 e. The van der Waals surface area contributed by atoms with E-state index in [9.17, 15) is 13.2 Å². The molecule has 0 radical (unpaired) electrons. The summed E-state index contributed by atoms with van der Waals surface area (Å²) < 4.78 is 35.5. The summed E-state index contributed by atoms with van der Waals surface area (Å²) in [5.41, 5.74) is 0.730. The van der Waals surface area contributed by atoms with Gasteiger partial charge in [0.05, 0.1) is 6.42 Å². The molecule has 1 nitrogen and oxygen atoms in total. The first-order valence-corrected chi connectivity index (χ1v) is 5.35. The lowest BCUT2D eigenvalue weighted by atomic mass is 10.2. The predicted octanol–water partition coefficient (Wildman–Crippen LogP) is 4.04. The minimum Gasteiger partial charge on any atom is -0.312 e. The molecule has 0 bridgehead atoms. The molecule has 0 aliphatic rings. The van der Waals surface area contributed by atoms with Gasteiger partial charge in [0.15, 0.2) is 0 Å². The van der Waals surface area contributed by atoms with Gasteiger partial charge in [-0.2, -0.15) is 13.2 Å². The second-order valence-corrected chi connectivity index (χ2v) is 4.12. The number of halogens is 5. The zero-order chi connectivity index (χ0) is 12.2. The molecule has 90 valence electrons. The topological polar surface area (TPSA) is 12.0 Å². The summed E-state index contributed by atoms with van der Waals surface area (Å²) in [4.78, 5) is 0. The van der Waals surface area contributed by atoms with Crippen molar-refractivity contribution < 1.29 is 13.2 Å². The molecule has 16 heavy (non-hydrogen) atoms. The molecule has 0 aromatic heterocycles. The van der Waals surface area contributed by atoms with E-state index in [1.165, 1.54) is 0 Å². The number of benzene rings is 1. The highest BCUT2D eigenvalue weighted by Crippen LogP contribution is 2.21. The molecule has 0 aliphatic heterocycles. The molecule has 0 unspecified atom stereocenters. The van der Waals surface area contributed by atoms with Crippen molar-refractivity contribution in [2.24, 2.45) is 0 Å². The summed E-state index contributed by atoms with van der Waals surface area (Å²) in [7, 11) is 0. The normalized spacial score (nSPS) is 11.8. The number of hydrogen-bond donors (Lipinski definition) is 1. The molecule has 0 saturated heterocycles. The quantitative estimate of drug-likeness (QED) is 0.816. The highest BCUT2D eigenvalue weighted by molar-refractivity contribution is 6.35. The van der Waals surface area contributed by atoms with Crippen molar-refractivity contribution >= 4 is 23.2 Å². The molecule has 0 saturated carbocycles. The van der Waals surface area contributed by atoms with E-state index in [0.29, 0.717) is 16.6 Å². The molecule has 0 atom stereocenters. The van der Waals surface area contributed by atoms with Crippen LogP contribution in [-0.2, 0) is 6.54 Å². The highest BCUT2D eigenvalue weighted by atomic mass is 35.5. The van der Waals surface area contributed by atoms with Crippen LogP contribution in [0.2, 0.25) is 10.0 Å². The van der Waals surface area contributed by atoms with E-state index >= 15 is 0 Å². The molecule has 6 heteroatoms. The lowest BCUT2D eigenvalue weighted by Gasteiger charge is -2.08. The zero-order valence-corrected chi connectivity index (χ0v) is 9.76. The van der Waals surface area contributed by atoms with Crippen LogP contribution in [0.1, 0.15) is 12.0 Å². The first-order chi connectivity index (χ1) is 7.38. The van der Waals surface area contributed by atoms with Crippen molar-refractivity contribution in [2.45, 2.75) is 19.1 Å². The Morgan fingerprint density at radius 2 is 1.88 bits per heavy atom. The van der Waals surface area contributed by atoms with E-state index in [2.05, 4.69) is 5.32 Å². The Balaban J connectivity index is 2.38. The lowest BCUT2D eigenvalue weighted by Crippen LogP contribution is -2.21. The van der Waals surface area contributed by atoms with Gasteiger partial charge in [-0.25, -0.2) is 0 Å². The van der Waals surface area contributed by atoms with Crippen LogP contribution in [-0.4, -0.2) is 12.7 Å². The summed E-state index contributed by atoms with van der Waals surface area (Å²) in [6.07, 6.45) is -4.98. The smallest absolute Gasteiger partial charge is 0.312 e. The molecule has 0 fully saturated rings. The standard InChI is InChI=1S/C10H10Cl2F3N/c11-8-2-1-7(9(12)5-8)6-16-4-3-10(13,14)15/h1-2,5,16H,3-4,6H2. The molecule has 0 amide bonds. The van der Waals surface area contributed by atoms with Gasteiger partial charge >= 0.3 is 6.18 Å². The molecule has 1 N–H and O–H groups in total. The van der Waals surface area contributed by atoms with Crippen LogP contribution in [0.4, 0.5) is 13.2 Å². The van der Waals surface area contributed by atoms with Gasteiger partial charge in [0.2, 0.25) is 0 Å². The third-order valence-electron chi connectivity index (χ3n) is 1.92. The fourth-order valence-corrected chi connectivity index (χ4v) is 1.59. The summed E-state index contributed by atoms with van der Waals surface area (Å²) in [6.45, 7) is 0.175. The van der Waals surface area contributed by atoms with Crippen molar-refractivity contribution in [3.8, 4) is 0 Å². The number of nitrogens with one attached hydrogen (secondary N) is 1. The number of alkyl halides is 3. The Morgan fingerprint density at radius 3 is 2.44 bits per heavy atom. The van der Waals surface area contributed by atoms with E-state index in [1.807, 2.05) is 0 Å². The second-order valence-electron chi connectivity index (χ2n) is 3.28. The van der Waals surface area contributed by atoms with Crippen molar-refractivity contribution in [2.75, 3.05) is 6.54 Å². The van der Waals surface area contributed by atoms with Gasteiger partial charge in [-0.15, -0.1) is 0 Å². The average molecular weight is 272 g/mol. The van der Waals surface area contributed by atoms with Gasteiger partial charge < -0.3 is 5.32 Å². The fraction of sp³-hybridized carbons (Fsp3) is 0.400. The van der Waals surface area contributed by atoms with Crippen molar-refractivity contribution in [1.29, 1.82) is 0 Å². The van der Waals surface area contributed by atoms with Crippen LogP contribution in [0.15, 0.2) is 18.2 Å². The largest absolute Gasteiger partial charge is 0.390 e. The maximum atomic E-state index is 11.8. The predicted molar refractivity (Wildman–Crippen MR) is 58.8 cm³/mol. The van der Waals surface area contributed by atoms with Crippen molar-refractivity contribution in [3.63, 3.8) is 0 Å². The van der Waals surface area contributed by atoms with Crippen LogP contribution in [0.25, 0.3) is 0 Å². The Bertz CT molecular complexity index is 352. The first-order valence-electron chi connectivity index (χ1n) is 4.60. The van der Waals surface area contributed by atoms with Gasteiger partial charge in [0.25, 0.3) is 0 Å². The lowest BCUT2D eigenvalue weighted by molar-refractivity contribution is -0.133. The van der Waals surface area contributed by atoms with E-state index < -0.39 is 12.6 Å². The summed E-state index contributed by atoms with van der Waals surface area (Å²) in [5, 5.41) is 3.63. The van der Waals surface area contributed by atoms with E-state index in [4.69, 9.17) is 23.2 Å². The third-order valence-corrected chi connectivity index (χ3v) is 2.50. The second kappa shape index (κ2) is 5.75. The third kappa shape index (κ3) is 5.05. The minimum absolute atomic E-state index is 0.123. The highest BCUT2D eigenvalue weighted by Gasteiger charge is 2.25. The Morgan fingerprint density at radius 1 is 1.19 bits per heavy atom. The Labute approximate surface area is 102 Å². The zero-order valence-electron chi connectivity index (χ0n) is 8.24. The molecule has 0 heterocycles. The van der Waals surface area contributed by atoms with Crippen molar-refractivity contribution in [3.05, 3.63) is 33.8 Å². The molecule has 0 aliphatic carbocycles. The monoisotopic (exact) mass is 271 g/mol. The van der Waals surface area contributed by atoms with E-state index in [1.54, 1.807) is 18.2 Å². The number of rotatable bonds is 4. The van der Waals surface area contributed by atoms with Gasteiger partial charge in [-0.1, -0.05) is 29.3 Å². The van der Waals surface area contributed by atoms with Gasteiger partial charge in [0.1, 0.15) is 0 Å². The molecule has 0 spiro atoms. The van der Waals surface area contributed by atoms with Crippen LogP contribution >= 0.6 is 23.2 Å². The molecular formula is C10H10Cl2F3N. The summed E-state index contributed by atoms with van der Waals surface area (Å²) in [5.74, 6) is 0. The summed E-state index contributed by atoms with van der Waals surface area (Å²) >= 11 is 11.5. The van der Waals surface area contributed by atoms with Crippen LogP contribution < -0.4 is 5.32 Å². The fourth-order valence-electron chi connectivity index (χ4n) is 1.12. The SMILES string of the molecule is FC(F)(F)CCNCc1ccc(Cl)cc1Cl. The van der Waals surface area contributed by atoms with Gasteiger partial charge in [-0.05, 0) is 17.7 Å². The van der Waals surface area contributed by atoms with Crippen LogP contribution in [0, 0.1) is 0 Å². The van der Waals surface area contributed by atoms with E-state index in [0.717, 1.165) is 5.56 Å². The number of hydrogen-bond acceptors (Lipinski definition) is 1.